The summed E-state index contributed by atoms with van der Waals surface area (Å²) in [7, 11) is -3.54. The zero-order valence-corrected chi connectivity index (χ0v) is 19.7. The van der Waals surface area contributed by atoms with Gasteiger partial charge in [0.25, 0.3) is 10.0 Å². The predicted octanol–water partition coefficient (Wildman–Crippen LogP) is 4.48. The molecule has 0 spiro atoms. The quantitative estimate of drug-likeness (QED) is 0.713. The van der Waals surface area contributed by atoms with Crippen molar-refractivity contribution in [3.8, 4) is 0 Å². The zero-order chi connectivity index (χ0) is 21.8. The first-order chi connectivity index (χ1) is 14.9. The minimum Gasteiger partial charge on any atom is -0.372 e. The van der Waals surface area contributed by atoms with E-state index >= 15 is 0 Å². The molecular weight excluding hydrogens is 430 g/mol. The molecule has 3 heterocycles. The number of nitrogens with zero attached hydrogens (tertiary/aromatic N) is 2. The SMILES string of the molecule is Cc1ccc(S(=O)(=O)N2CCCC(C(=O)Nc3ccc(N4CCCCCC4)cc3)C2)s1. The Hall–Kier alpha value is -1.90. The van der Waals surface area contributed by atoms with Gasteiger partial charge in [-0.1, -0.05) is 12.8 Å². The maximum absolute atomic E-state index is 12.9. The number of hydrogen-bond donors (Lipinski definition) is 1. The van der Waals surface area contributed by atoms with Crippen molar-refractivity contribution in [3.05, 3.63) is 41.3 Å². The molecule has 2 fully saturated rings. The third kappa shape index (κ3) is 5.30. The molecule has 8 heteroatoms. The van der Waals surface area contributed by atoms with Gasteiger partial charge < -0.3 is 10.2 Å². The number of benzene rings is 1. The van der Waals surface area contributed by atoms with E-state index in [9.17, 15) is 13.2 Å². The van der Waals surface area contributed by atoms with E-state index in [2.05, 4.69) is 22.3 Å². The Kier molecular flexibility index (Phi) is 6.99. The number of thiophene rings is 1. The number of carbonyl (C=O) groups excluding carboxylic acids is 1. The molecule has 0 aliphatic carbocycles. The van der Waals surface area contributed by atoms with Gasteiger partial charge in [0.05, 0.1) is 5.92 Å². The van der Waals surface area contributed by atoms with Crippen molar-refractivity contribution in [2.24, 2.45) is 5.92 Å². The number of rotatable bonds is 5. The van der Waals surface area contributed by atoms with Gasteiger partial charge in [0, 0.05) is 42.4 Å². The smallest absolute Gasteiger partial charge is 0.252 e. The van der Waals surface area contributed by atoms with Crippen LogP contribution in [0.25, 0.3) is 0 Å². The Morgan fingerprint density at radius 3 is 2.32 bits per heavy atom. The average Bonchev–Trinajstić information content (AvgIpc) is 3.05. The van der Waals surface area contributed by atoms with Crippen LogP contribution in [0, 0.1) is 12.8 Å². The van der Waals surface area contributed by atoms with Crippen LogP contribution in [0.2, 0.25) is 0 Å². The van der Waals surface area contributed by atoms with Gasteiger partial charge in [-0.15, -0.1) is 11.3 Å². The van der Waals surface area contributed by atoms with Crippen LogP contribution in [-0.4, -0.2) is 44.8 Å². The highest BCUT2D eigenvalue weighted by atomic mass is 32.2. The van der Waals surface area contributed by atoms with Crippen LogP contribution in [0.4, 0.5) is 11.4 Å². The molecule has 0 bridgehead atoms. The van der Waals surface area contributed by atoms with Gasteiger partial charge in [0.2, 0.25) is 5.91 Å². The Morgan fingerprint density at radius 1 is 0.968 bits per heavy atom. The van der Waals surface area contributed by atoms with Crippen molar-refractivity contribution in [1.29, 1.82) is 0 Å². The highest BCUT2D eigenvalue weighted by molar-refractivity contribution is 7.91. The molecule has 1 amide bonds. The maximum atomic E-state index is 12.9. The van der Waals surface area contributed by atoms with Crippen LogP contribution in [0.5, 0.6) is 0 Å². The summed E-state index contributed by atoms with van der Waals surface area (Å²) in [4.78, 5) is 16.2. The summed E-state index contributed by atoms with van der Waals surface area (Å²) in [5, 5.41) is 2.99. The van der Waals surface area contributed by atoms with Gasteiger partial charge in [0.1, 0.15) is 4.21 Å². The fourth-order valence-corrected chi connectivity index (χ4v) is 7.34. The lowest BCUT2D eigenvalue weighted by atomic mass is 9.98. The molecule has 2 aromatic rings. The summed E-state index contributed by atoms with van der Waals surface area (Å²) < 4.78 is 27.7. The largest absolute Gasteiger partial charge is 0.372 e. The molecule has 1 unspecified atom stereocenters. The van der Waals surface area contributed by atoms with Crippen LogP contribution in [0.3, 0.4) is 0 Å². The molecule has 1 aromatic heterocycles. The van der Waals surface area contributed by atoms with E-state index in [4.69, 9.17) is 0 Å². The highest BCUT2D eigenvalue weighted by Gasteiger charge is 2.34. The maximum Gasteiger partial charge on any atom is 0.252 e. The van der Waals surface area contributed by atoms with Crippen molar-refractivity contribution in [1.82, 2.24) is 4.31 Å². The number of hydrogen-bond acceptors (Lipinski definition) is 5. The molecular formula is C23H31N3O3S2. The zero-order valence-electron chi connectivity index (χ0n) is 18.0. The van der Waals surface area contributed by atoms with Crippen LogP contribution >= 0.6 is 11.3 Å². The summed E-state index contributed by atoms with van der Waals surface area (Å²) in [5.74, 6) is -0.445. The summed E-state index contributed by atoms with van der Waals surface area (Å²) in [6.45, 7) is 4.77. The first-order valence-electron chi connectivity index (χ1n) is 11.2. The molecule has 2 aliphatic heterocycles. The molecule has 31 heavy (non-hydrogen) atoms. The van der Waals surface area contributed by atoms with E-state index in [1.165, 1.54) is 47.0 Å². The Morgan fingerprint density at radius 2 is 1.68 bits per heavy atom. The third-order valence-electron chi connectivity index (χ3n) is 6.17. The fraction of sp³-hybridized carbons (Fsp3) is 0.522. The van der Waals surface area contributed by atoms with Crippen molar-refractivity contribution in [2.75, 3.05) is 36.4 Å². The average molecular weight is 462 g/mol. The van der Waals surface area contributed by atoms with Crippen LogP contribution < -0.4 is 10.2 Å². The monoisotopic (exact) mass is 461 g/mol. The normalized spacial score (nSPS) is 20.9. The van der Waals surface area contributed by atoms with Gasteiger partial charge in [0.15, 0.2) is 0 Å². The van der Waals surface area contributed by atoms with E-state index in [-0.39, 0.29) is 18.4 Å². The summed E-state index contributed by atoms with van der Waals surface area (Å²) >= 11 is 1.28. The fourth-order valence-electron chi connectivity index (χ4n) is 4.38. The molecule has 1 aromatic carbocycles. The first kappa shape index (κ1) is 22.3. The van der Waals surface area contributed by atoms with E-state index in [0.717, 1.165) is 23.7 Å². The number of sulfonamides is 1. The molecule has 0 saturated carbocycles. The van der Waals surface area contributed by atoms with Crippen LogP contribution in [-0.2, 0) is 14.8 Å². The minimum absolute atomic E-state index is 0.107. The van der Waals surface area contributed by atoms with Crippen molar-refractivity contribution >= 4 is 38.6 Å². The van der Waals surface area contributed by atoms with Gasteiger partial charge in [-0.05, 0) is 69.0 Å². The number of aryl methyl sites for hydroxylation is 1. The minimum atomic E-state index is -3.54. The standard InChI is InChI=1S/C23H31N3O3S2/c1-18-8-13-22(30-18)31(28,29)26-16-6-7-19(17-26)23(27)24-20-9-11-21(12-10-20)25-14-4-2-3-5-15-25/h8-13,19H,2-7,14-17H2,1H3,(H,24,27). The lowest BCUT2D eigenvalue weighted by Gasteiger charge is -2.30. The first-order valence-corrected chi connectivity index (χ1v) is 13.4. The van der Waals surface area contributed by atoms with Crippen molar-refractivity contribution < 1.29 is 13.2 Å². The highest BCUT2D eigenvalue weighted by Crippen LogP contribution is 2.29. The summed E-state index contributed by atoms with van der Waals surface area (Å²) in [6.07, 6.45) is 6.44. The van der Waals surface area contributed by atoms with Crippen LogP contribution in [0.1, 0.15) is 43.4 Å². The van der Waals surface area contributed by atoms with Gasteiger partial charge >= 0.3 is 0 Å². The lowest BCUT2D eigenvalue weighted by molar-refractivity contribution is -0.120. The topological polar surface area (TPSA) is 69.7 Å². The van der Waals surface area contributed by atoms with Gasteiger partial charge in [-0.3, -0.25) is 4.79 Å². The second-order valence-corrected chi connectivity index (χ2v) is 12.0. The second kappa shape index (κ2) is 9.71. The summed E-state index contributed by atoms with van der Waals surface area (Å²) in [6, 6.07) is 11.5. The number of anilines is 2. The molecule has 4 rings (SSSR count). The number of carbonyl (C=O) groups is 1. The lowest BCUT2D eigenvalue weighted by Crippen LogP contribution is -2.43. The van der Waals surface area contributed by atoms with Gasteiger partial charge in [-0.25, -0.2) is 8.42 Å². The van der Waals surface area contributed by atoms with Crippen molar-refractivity contribution in [2.45, 2.75) is 49.7 Å². The Balaban J connectivity index is 1.38. The molecule has 1 N–H and O–H groups in total. The molecule has 2 saturated heterocycles. The molecule has 2 aliphatic rings. The third-order valence-corrected chi connectivity index (χ3v) is 9.50. The molecule has 1 atom stereocenters. The number of nitrogens with one attached hydrogen (secondary N) is 1. The summed E-state index contributed by atoms with van der Waals surface area (Å²) in [5.41, 5.74) is 1.96. The molecule has 168 valence electrons. The van der Waals surface area contributed by atoms with E-state index in [1.807, 2.05) is 25.1 Å². The molecule has 0 radical (unpaired) electrons. The van der Waals surface area contributed by atoms with E-state index in [0.29, 0.717) is 23.6 Å². The van der Waals surface area contributed by atoms with E-state index in [1.54, 1.807) is 6.07 Å². The number of amides is 1. The van der Waals surface area contributed by atoms with Gasteiger partial charge in [-0.2, -0.15) is 4.31 Å². The van der Waals surface area contributed by atoms with E-state index < -0.39 is 10.0 Å². The predicted molar refractivity (Wildman–Crippen MR) is 126 cm³/mol. The van der Waals surface area contributed by atoms with Crippen molar-refractivity contribution in [3.63, 3.8) is 0 Å². The van der Waals surface area contributed by atoms with Crippen LogP contribution in [0.15, 0.2) is 40.6 Å². The molecule has 6 nitrogen and oxygen atoms in total. The number of piperidine rings is 1. The Labute approximate surface area is 189 Å². The Bertz CT molecular complexity index is 993. The second-order valence-electron chi connectivity index (χ2n) is 8.50.